The van der Waals surface area contributed by atoms with Crippen LogP contribution >= 0.6 is 54.5 Å². The highest BCUT2D eigenvalue weighted by Gasteiger charge is 2.16. The smallest absolute Gasteiger partial charge is 0.336 e. The van der Waals surface area contributed by atoms with Crippen LogP contribution < -0.4 is 5.32 Å². The zero-order chi connectivity index (χ0) is 16.4. The molecule has 114 valence electrons. The summed E-state index contributed by atoms with van der Waals surface area (Å²) >= 11 is 8.84. The third-order valence-corrected chi connectivity index (χ3v) is 6.04. The van der Waals surface area contributed by atoms with Gasteiger partial charge < -0.3 is 10.4 Å². The minimum Gasteiger partial charge on any atom is -0.478 e. The molecule has 0 heterocycles. The minimum atomic E-state index is -1.02. The predicted octanol–water partition coefficient (Wildman–Crippen LogP) is 5.08. The Kier molecular flexibility index (Phi) is 5.62. The summed E-state index contributed by atoms with van der Waals surface area (Å²) in [7, 11) is 0. The van der Waals surface area contributed by atoms with Crippen molar-refractivity contribution in [2.45, 2.75) is 6.92 Å². The van der Waals surface area contributed by atoms with Crippen LogP contribution in [0, 0.1) is 10.5 Å². The van der Waals surface area contributed by atoms with Crippen LogP contribution in [0.1, 0.15) is 26.3 Å². The van der Waals surface area contributed by atoms with Crippen molar-refractivity contribution in [3.63, 3.8) is 0 Å². The molecule has 0 aromatic heterocycles. The van der Waals surface area contributed by atoms with E-state index in [2.05, 4.69) is 59.8 Å². The first kappa shape index (κ1) is 17.4. The Bertz CT molecular complexity index is 778. The molecule has 22 heavy (non-hydrogen) atoms. The fourth-order valence-corrected chi connectivity index (χ4v) is 3.70. The van der Waals surface area contributed by atoms with Crippen molar-refractivity contribution in [3.05, 3.63) is 59.5 Å². The quantitative estimate of drug-likeness (QED) is 0.423. The molecule has 0 unspecified atom stereocenters. The Morgan fingerprint density at radius 3 is 2.50 bits per heavy atom. The van der Waals surface area contributed by atoms with Crippen molar-refractivity contribution < 1.29 is 14.7 Å². The first-order chi connectivity index (χ1) is 10.3. The summed E-state index contributed by atoms with van der Waals surface area (Å²) in [5.41, 5.74) is 1.68. The molecule has 0 saturated carbocycles. The third-order valence-electron chi connectivity index (χ3n) is 3.05. The first-order valence-electron chi connectivity index (χ1n) is 6.10. The van der Waals surface area contributed by atoms with Crippen molar-refractivity contribution in [3.8, 4) is 0 Å². The maximum Gasteiger partial charge on any atom is 0.336 e. The summed E-state index contributed by atoms with van der Waals surface area (Å²) in [6.45, 7) is 1.67. The van der Waals surface area contributed by atoms with E-state index in [9.17, 15) is 9.59 Å². The Morgan fingerprint density at radius 1 is 1.18 bits per heavy atom. The highest BCUT2D eigenvalue weighted by molar-refractivity contribution is 14.1. The van der Waals surface area contributed by atoms with E-state index in [-0.39, 0.29) is 11.5 Å². The van der Waals surface area contributed by atoms with E-state index >= 15 is 0 Å². The number of carboxylic acids is 1. The van der Waals surface area contributed by atoms with E-state index < -0.39 is 5.97 Å². The molecule has 0 radical (unpaired) electrons. The summed E-state index contributed by atoms with van der Waals surface area (Å²) in [5.74, 6) is -1.31. The number of hydrogen-bond donors (Lipinski definition) is 2. The fourth-order valence-electron chi connectivity index (χ4n) is 1.91. The van der Waals surface area contributed by atoms with E-state index in [0.717, 1.165) is 12.5 Å². The zero-order valence-corrected chi connectivity index (χ0v) is 16.6. The number of aromatic carboxylic acids is 1. The second-order valence-electron chi connectivity index (χ2n) is 4.49. The Balaban J connectivity index is 2.38. The molecule has 2 N–H and O–H groups in total. The van der Waals surface area contributed by atoms with Crippen LogP contribution in [0.2, 0.25) is 0 Å². The van der Waals surface area contributed by atoms with Gasteiger partial charge in [0, 0.05) is 18.2 Å². The lowest BCUT2D eigenvalue weighted by Crippen LogP contribution is -2.15. The number of anilines is 1. The maximum absolute atomic E-state index is 12.5. The van der Waals surface area contributed by atoms with Gasteiger partial charge in [-0.05, 0) is 75.3 Å². The van der Waals surface area contributed by atoms with E-state index in [1.165, 1.54) is 6.07 Å². The van der Waals surface area contributed by atoms with Crippen LogP contribution in [0.3, 0.4) is 0 Å². The maximum atomic E-state index is 12.5. The largest absolute Gasteiger partial charge is 0.478 e. The Labute approximate surface area is 157 Å². The summed E-state index contributed by atoms with van der Waals surface area (Å²) < 4.78 is 2.37. The number of carboxylic acid groups (broad SMARTS) is 1. The van der Waals surface area contributed by atoms with E-state index in [0.29, 0.717) is 16.8 Å². The van der Waals surface area contributed by atoms with E-state index in [1.807, 2.05) is 6.07 Å². The monoisotopic (exact) mass is 537 g/mol. The van der Waals surface area contributed by atoms with Gasteiger partial charge in [-0.3, -0.25) is 4.79 Å². The molecule has 7 heteroatoms. The van der Waals surface area contributed by atoms with Gasteiger partial charge in [-0.2, -0.15) is 0 Å². The lowest BCUT2D eigenvalue weighted by molar-refractivity contribution is 0.0695. The predicted molar refractivity (Wildman–Crippen MR) is 101 cm³/mol. The van der Waals surface area contributed by atoms with Gasteiger partial charge in [0.1, 0.15) is 0 Å². The molecule has 2 rings (SSSR count). The first-order valence-corrected chi connectivity index (χ1v) is 8.76. The van der Waals surface area contributed by atoms with Gasteiger partial charge in [0.2, 0.25) is 0 Å². The van der Waals surface area contributed by atoms with Crippen LogP contribution in [-0.2, 0) is 0 Å². The summed E-state index contributed by atoms with van der Waals surface area (Å²) in [4.78, 5) is 23.6. The topological polar surface area (TPSA) is 66.4 Å². The van der Waals surface area contributed by atoms with Gasteiger partial charge in [0.15, 0.2) is 0 Å². The lowest BCUT2D eigenvalue weighted by Gasteiger charge is -2.12. The number of amides is 1. The number of benzene rings is 2. The number of rotatable bonds is 3. The van der Waals surface area contributed by atoms with Gasteiger partial charge in [0.25, 0.3) is 5.91 Å². The molecule has 0 aliphatic heterocycles. The van der Waals surface area contributed by atoms with Crippen LogP contribution in [0.4, 0.5) is 5.69 Å². The lowest BCUT2D eigenvalue weighted by atomic mass is 10.1. The number of carbonyl (C=O) groups is 2. The van der Waals surface area contributed by atoms with Gasteiger partial charge in [-0.15, -0.1) is 0 Å². The second kappa shape index (κ2) is 7.10. The molecule has 2 aromatic carbocycles. The summed E-state index contributed by atoms with van der Waals surface area (Å²) in [5, 5.41) is 11.9. The van der Waals surface area contributed by atoms with Crippen LogP contribution in [0.15, 0.2) is 39.3 Å². The average molecular weight is 539 g/mol. The number of halogens is 3. The van der Waals surface area contributed by atoms with Crippen molar-refractivity contribution in [1.29, 1.82) is 0 Å². The van der Waals surface area contributed by atoms with Gasteiger partial charge in [-0.25, -0.2) is 4.79 Å². The van der Waals surface area contributed by atoms with Crippen molar-refractivity contribution in [2.75, 3.05) is 5.32 Å². The SMILES string of the molecule is Cc1c(NC(=O)c2cc(Br)cc(Br)c2I)cccc1C(=O)O. The Morgan fingerprint density at radius 2 is 1.86 bits per heavy atom. The molecule has 2 aromatic rings. The normalized spacial score (nSPS) is 10.4. The van der Waals surface area contributed by atoms with Crippen molar-refractivity contribution in [1.82, 2.24) is 0 Å². The number of hydrogen-bond acceptors (Lipinski definition) is 2. The highest BCUT2D eigenvalue weighted by Crippen LogP contribution is 2.28. The number of carbonyl (C=O) groups excluding carboxylic acids is 1. The standard InChI is InChI=1S/C15H10Br2INO3/c1-7-9(15(21)22)3-2-4-12(7)19-14(20)10-5-8(16)6-11(17)13(10)18/h2-6H,1H3,(H,19,20)(H,21,22). The van der Waals surface area contributed by atoms with Crippen LogP contribution in [0.25, 0.3) is 0 Å². The van der Waals surface area contributed by atoms with Gasteiger partial charge in [0.05, 0.1) is 11.1 Å². The molecule has 0 aliphatic rings. The molecule has 0 spiro atoms. The van der Waals surface area contributed by atoms with Crippen molar-refractivity contribution in [2.24, 2.45) is 0 Å². The highest BCUT2D eigenvalue weighted by atomic mass is 127. The zero-order valence-electron chi connectivity index (χ0n) is 11.3. The average Bonchev–Trinajstić information content (AvgIpc) is 2.44. The second-order valence-corrected chi connectivity index (χ2v) is 7.34. The fraction of sp³-hybridized carbons (Fsp3) is 0.0667. The number of nitrogens with one attached hydrogen (secondary N) is 1. The summed E-state index contributed by atoms with van der Waals surface area (Å²) in [6.07, 6.45) is 0. The molecule has 0 saturated heterocycles. The molecule has 0 atom stereocenters. The van der Waals surface area contributed by atoms with Crippen molar-refractivity contribution >= 4 is 72.0 Å². The molecule has 0 aliphatic carbocycles. The molecular formula is C15H10Br2INO3. The van der Waals surface area contributed by atoms with Crippen LogP contribution in [0.5, 0.6) is 0 Å². The molecule has 4 nitrogen and oxygen atoms in total. The third kappa shape index (κ3) is 3.69. The molecular weight excluding hydrogens is 529 g/mol. The van der Waals surface area contributed by atoms with Gasteiger partial charge in [-0.1, -0.05) is 22.0 Å². The molecule has 0 fully saturated rings. The molecule has 1 amide bonds. The van der Waals surface area contributed by atoms with Gasteiger partial charge >= 0.3 is 5.97 Å². The molecule has 0 bridgehead atoms. The van der Waals surface area contributed by atoms with E-state index in [4.69, 9.17) is 5.11 Å². The van der Waals surface area contributed by atoms with Crippen LogP contribution in [-0.4, -0.2) is 17.0 Å². The minimum absolute atomic E-state index is 0.169. The summed E-state index contributed by atoms with van der Waals surface area (Å²) in [6, 6.07) is 8.37. The Hall–Kier alpha value is -0.930. The van der Waals surface area contributed by atoms with E-state index in [1.54, 1.807) is 25.1 Å².